The number of allylic oxidation sites excluding steroid dienone is 2. The molecule has 1 aromatic carbocycles. The van der Waals surface area contributed by atoms with Crippen LogP contribution in [0.4, 0.5) is 0 Å². The molecular formula is C25H33N5. The highest BCUT2D eigenvalue weighted by Gasteiger charge is 2.18. The van der Waals surface area contributed by atoms with Gasteiger partial charge in [0.05, 0.1) is 17.1 Å². The zero-order valence-electron chi connectivity index (χ0n) is 18.5. The summed E-state index contributed by atoms with van der Waals surface area (Å²) in [6.07, 6.45) is 10.4. The SMILES string of the molecule is C=CCc1ccc(-c2c(-c3cc(/C(=C/CCCC)NNC)ccn3)[nH]n2C)cc1C. The van der Waals surface area contributed by atoms with E-state index in [1.807, 2.05) is 32.4 Å². The molecule has 2 aromatic heterocycles. The topological polar surface area (TPSA) is 57.7 Å². The number of benzene rings is 1. The quantitative estimate of drug-likeness (QED) is 0.242. The molecule has 3 N–H and O–H groups in total. The van der Waals surface area contributed by atoms with Gasteiger partial charge in [-0.05, 0) is 55.5 Å². The zero-order valence-corrected chi connectivity index (χ0v) is 18.5. The molecule has 0 radical (unpaired) electrons. The first-order chi connectivity index (χ1) is 14.6. The minimum Gasteiger partial charge on any atom is -0.321 e. The lowest BCUT2D eigenvalue weighted by Crippen LogP contribution is -2.25. The Hall–Kier alpha value is -3.05. The minimum absolute atomic E-state index is 0.890. The molecule has 0 atom stereocenters. The van der Waals surface area contributed by atoms with Crippen molar-refractivity contribution < 1.29 is 0 Å². The summed E-state index contributed by atoms with van der Waals surface area (Å²) < 4.78 is 2.05. The second kappa shape index (κ2) is 10.1. The molecule has 158 valence electrons. The molecule has 0 fully saturated rings. The maximum absolute atomic E-state index is 4.64. The van der Waals surface area contributed by atoms with E-state index in [0.717, 1.165) is 41.2 Å². The van der Waals surface area contributed by atoms with Crippen LogP contribution >= 0.6 is 0 Å². The number of aromatic amines is 1. The molecule has 0 spiro atoms. The van der Waals surface area contributed by atoms with E-state index in [4.69, 9.17) is 0 Å². The first kappa shape index (κ1) is 21.7. The molecule has 0 saturated carbocycles. The van der Waals surface area contributed by atoms with Crippen LogP contribution in [-0.2, 0) is 13.5 Å². The molecular weight excluding hydrogens is 370 g/mol. The summed E-state index contributed by atoms with van der Waals surface area (Å²) >= 11 is 0. The van der Waals surface area contributed by atoms with Crippen molar-refractivity contribution >= 4 is 5.70 Å². The maximum Gasteiger partial charge on any atom is 0.106 e. The number of rotatable bonds is 10. The molecule has 0 amide bonds. The third-order valence-corrected chi connectivity index (χ3v) is 5.32. The fourth-order valence-electron chi connectivity index (χ4n) is 3.70. The number of aromatic nitrogens is 3. The van der Waals surface area contributed by atoms with Crippen LogP contribution in [0.2, 0.25) is 0 Å². The van der Waals surface area contributed by atoms with E-state index in [1.54, 1.807) is 0 Å². The largest absolute Gasteiger partial charge is 0.321 e. The summed E-state index contributed by atoms with van der Waals surface area (Å²) in [6.45, 7) is 8.22. The van der Waals surface area contributed by atoms with E-state index in [9.17, 15) is 0 Å². The number of nitrogens with one attached hydrogen (secondary N) is 3. The molecule has 5 nitrogen and oxygen atoms in total. The summed E-state index contributed by atoms with van der Waals surface area (Å²) in [7, 11) is 3.92. The molecule has 0 bridgehead atoms. The maximum atomic E-state index is 4.64. The second-order valence-corrected chi connectivity index (χ2v) is 7.59. The Bertz CT molecular complexity index is 1020. The van der Waals surface area contributed by atoms with Gasteiger partial charge in [0.25, 0.3) is 0 Å². The zero-order chi connectivity index (χ0) is 21.5. The van der Waals surface area contributed by atoms with Gasteiger partial charge in [-0.2, -0.15) is 0 Å². The number of pyridine rings is 1. The van der Waals surface area contributed by atoms with Crippen LogP contribution < -0.4 is 10.9 Å². The van der Waals surface area contributed by atoms with Gasteiger partial charge >= 0.3 is 0 Å². The van der Waals surface area contributed by atoms with Gasteiger partial charge in [0, 0.05) is 31.4 Å². The molecule has 0 saturated heterocycles. The normalized spacial score (nSPS) is 11.7. The fourth-order valence-corrected chi connectivity index (χ4v) is 3.70. The van der Waals surface area contributed by atoms with Crippen LogP contribution in [0.3, 0.4) is 0 Å². The monoisotopic (exact) mass is 403 g/mol. The molecule has 0 aliphatic carbocycles. The highest BCUT2D eigenvalue weighted by Crippen LogP contribution is 2.33. The Labute approximate surface area is 179 Å². The van der Waals surface area contributed by atoms with Crippen LogP contribution in [0, 0.1) is 6.92 Å². The van der Waals surface area contributed by atoms with Gasteiger partial charge < -0.3 is 5.43 Å². The molecule has 3 rings (SSSR count). The number of hydrazine groups is 1. The Balaban J connectivity index is 1.95. The summed E-state index contributed by atoms with van der Waals surface area (Å²) in [5.41, 5.74) is 15.4. The molecule has 5 heteroatoms. The van der Waals surface area contributed by atoms with Crippen LogP contribution in [-0.4, -0.2) is 21.8 Å². The van der Waals surface area contributed by atoms with E-state index in [-0.39, 0.29) is 0 Å². The average molecular weight is 404 g/mol. The van der Waals surface area contributed by atoms with Gasteiger partial charge in [0.15, 0.2) is 0 Å². The van der Waals surface area contributed by atoms with E-state index >= 15 is 0 Å². The Morgan fingerprint density at radius 1 is 1.27 bits per heavy atom. The van der Waals surface area contributed by atoms with Crippen molar-refractivity contribution in [2.75, 3.05) is 7.05 Å². The predicted octanol–water partition coefficient (Wildman–Crippen LogP) is 5.37. The van der Waals surface area contributed by atoms with Crippen molar-refractivity contribution in [3.63, 3.8) is 0 Å². The molecule has 2 heterocycles. The van der Waals surface area contributed by atoms with E-state index in [1.165, 1.54) is 29.5 Å². The van der Waals surface area contributed by atoms with Gasteiger partial charge in [-0.3, -0.25) is 14.8 Å². The van der Waals surface area contributed by atoms with Crippen molar-refractivity contribution in [2.24, 2.45) is 7.05 Å². The van der Waals surface area contributed by atoms with Gasteiger partial charge in [-0.15, -0.1) is 6.58 Å². The third-order valence-electron chi connectivity index (χ3n) is 5.32. The third kappa shape index (κ3) is 4.74. The summed E-state index contributed by atoms with van der Waals surface area (Å²) in [4.78, 5) is 4.64. The van der Waals surface area contributed by atoms with Crippen molar-refractivity contribution in [2.45, 2.75) is 39.5 Å². The van der Waals surface area contributed by atoms with Gasteiger partial charge in [-0.25, -0.2) is 5.43 Å². The number of unbranched alkanes of at least 4 members (excludes halogenated alkanes) is 2. The summed E-state index contributed by atoms with van der Waals surface area (Å²) in [5, 5.41) is 3.40. The second-order valence-electron chi connectivity index (χ2n) is 7.59. The van der Waals surface area contributed by atoms with Crippen molar-refractivity contribution in [1.82, 2.24) is 25.6 Å². The molecule has 0 unspecified atom stereocenters. The lowest BCUT2D eigenvalue weighted by Gasteiger charge is -2.22. The minimum atomic E-state index is 0.890. The van der Waals surface area contributed by atoms with Crippen molar-refractivity contribution in [3.8, 4) is 22.6 Å². The van der Waals surface area contributed by atoms with Gasteiger partial charge in [0.1, 0.15) is 5.69 Å². The molecule has 30 heavy (non-hydrogen) atoms. The van der Waals surface area contributed by atoms with E-state index in [0.29, 0.717) is 0 Å². The lowest BCUT2D eigenvalue weighted by atomic mass is 9.98. The number of hydrogen-bond donors (Lipinski definition) is 3. The molecule has 3 aromatic rings. The smallest absolute Gasteiger partial charge is 0.106 e. The Kier molecular flexibility index (Phi) is 7.31. The summed E-state index contributed by atoms with van der Waals surface area (Å²) in [5.74, 6) is 0. The first-order valence-electron chi connectivity index (χ1n) is 10.6. The highest BCUT2D eigenvalue weighted by molar-refractivity contribution is 5.80. The standard InChI is InChI=1S/C25H33N5/c1-6-8-9-11-22(28-26-4)20-14-15-27-23(17-20)24-25(30(5)29-24)21-13-12-19(10-7-2)18(3)16-21/h7,11-17,26,28-29H,2,6,8-10H2,1,3-5H3/b22-11-. The average Bonchev–Trinajstić information content (AvgIpc) is 2.73. The fraction of sp³-hybridized carbons (Fsp3) is 0.320. The van der Waals surface area contributed by atoms with Crippen molar-refractivity contribution in [3.05, 3.63) is 72.0 Å². The number of hydrogen-bond acceptors (Lipinski definition) is 3. The lowest BCUT2D eigenvalue weighted by molar-refractivity contribution is 0.709. The van der Waals surface area contributed by atoms with Crippen LogP contribution in [0.1, 0.15) is 42.9 Å². The van der Waals surface area contributed by atoms with E-state index in [2.05, 4.69) is 76.4 Å². The van der Waals surface area contributed by atoms with Crippen LogP contribution in [0.15, 0.2) is 55.3 Å². The van der Waals surface area contributed by atoms with Crippen molar-refractivity contribution in [1.29, 1.82) is 0 Å². The van der Waals surface area contributed by atoms with E-state index < -0.39 is 0 Å². The summed E-state index contributed by atoms with van der Waals surface area (Å²) in [6, 6.07) is 10.8. The number of H-pyrrole nitrogens is 1. The van der Waals surface area contributed by atoms with Gasteiger partial charge in [-0.1, -0.05) is 37.6 Å². The highest BCUT2D eigenvalue weighted by atomic mass is 15.3. The van der Waals surface area contributed by atoms with Gasteiger partial charge in [0.2, 0.25) is 0 Å². The number of aryl methyl sites for hydroxylation is 2. The number of nitrogens with zero attached hydrogens (tertiary/aromatic N) is 2. The van der Waals surface area contributed by atoms with Crippen LogP contribution in [0.25, 0.3) is 28.3 Å². The Morgan fingerprint density at radius 3 is 2.77 bits per heavy atom. The Morgan fingerprint density at radius 2 is 2.10 bits per heavy atom. The first-order valence-corrected chi connectivity index (χ1v) is 10.6. The molecule has 0 aliphatic heterocycles. The molecule has 0 aliphatic rings. The van der Waals surface area contributed by atoms with Crippen LogP contribution in [0.5, 0.6) is 0 Å². The predicted molar refractivity (Wildman–Crippen MR) is 127 cm³/mol.